The maximum atomic E-state index is 5.79. The van der Waals surface area contributed by atoms with E-state index < -0.39 is 0 Å². The summed E-state index contributed by atoms with van der Waals surface area (Å²) < 4.78 is 10.8. The third-order valence-corrected chi connectivity index (χ3v) is 4.57. The first-order valence-corrected chi connectivity index (χ1v) is 8.56. The van der Waals surface area contributed by atoms with Crippen LogP contribution in [0.4, 0.5) is 0 Å². The van der Waals surface area contributed by atoms with Crippen molar-refractivity contribution in [3.8, 4) is 0 Å². The molecule has 3 nitrogen and oxygen atoms in total. The maximum Gasteiger partial charge on any atom is 0.0487 e. The Balaban J connectivity index is 2.26. The SMILES string of the molecule is CCCCC(CC)(CCOCCCOC)CNC1CC1. The van der Waals surface area contributed by atoms with Crippen molar-refractivity contribution in [2.75, 3.05) is 33.5 Å². The molecule has 20 heavy (non-hydrogen) atoms. The van der Waals surface area contributed by atoms with E-state index in [2.05, 4.69) is 19.2 Å². The molecule has 0 aromatic carbocycles. The molecular weight excluding hydrogens is 250 g/mol. The minimum absolute atomic E-state index is 0.444. The summed E-state index contributed by atoms with van der Waals surface area (Å²) in [5.41, 5.74) is 0.444. The van der Waals surface area contributed by atoms with Crippen LogP contribution in [0.25, 0.3) is 0 Å². The summed E-state index contributed by atoms with van der Waals surface area (Å²) in [6.07, 6.45) is 10.2. The monoisotopic (exact) mass is 285 g/mol. The minimum atomic E-state index is 0.444. The van der Waals surface area contributed by atoms with Gasteiger partial charge in [0.2, 0.25) is 0 Å². The van der Waals surface area contributed by atoms with Crippen molar-refractivity contribution >= 4 is 0 Å². The first-order valence-electron chi connectivity index (χ1n) is 8.56. The van der Waals surface area contributed by atoms with Gasteiger partial charge in [-0.15, -0.1) is 0 Å². The Labute approximate surface area is 125 Å². The molecule has 0 aliphatic heterocycles. The molecular formula is C17H35NO2. The van der Waals surface area contributed by atoms with Gasteiger partial charge in [-0.25, -0.2) is 0 Å². The van der Waals surface area contributed by atoms with Gasteiger partial charge in [0.15, 0.2) is 0 Å². The average molecular weight is 285 g/mol. The zero-order valence-corrected chi connectivity index (χ0v) is 13.9. The van der Waals surface area contributed by atoms with E-state index in [1.54, 1.807) is 7.11 Å². The first-order chi connectivity index (χ1) is 9.76. The Kier molecular flexibility index (Phi) is 9.49. The molecule has 0 aromatic heterocycles. The van der Waals surface area contributed by atoms with Gasteiger partial charge in [0, 0.05) is 39.5 Å². The number of rotatable bonds is 14. The van der Waals surface area contributed by atoms with E-state index in [-0.39, 0.29) is 0 Å². The fourth-order valence-corrected chi connectivity index (χ4v) is 2.68. The first kappa shape index (κ1) is 17.9. The zero-order valence-electron chi connectivity index (χ0n) is 13.9. The lowest BCUT2D eigenvalue weighted by Gasteiger charge is -2.33. The van der Waals surface area contributed by atoms with Gasteiger partial charge in [-0.05, 0) is 43.9 Å². The fourth-order valence-electron chi connectivity index (χ4n) is 2.68. The Morgan fingerprint density at radius 1 is 1.05 bits per heavy atom. The molecule has 1 saturated carbocycles. The topological polar surface area (TPSA) is 30.5 Å². The lowest BCUT2D eigenvalue weighted by molar-refractivity contribution is 0.0698. The van der Waals surface area contributed by atoms with Crippen molar-refractivity contribution in [3.05, 3.63) is 0 Å². The highest BCUT2D eigenvalue weighted by Crippen LogP contribution is 2.33. The summed E-state index contributed by atoms with van der Waals surface area (Å²) in [7, 11) is 1.75. The molecule has 1 fully saturated rings. The lowest BCUT2D eigenvalue weighted by Crippen LogP contribution is -2.36. The molecule has 1 rings (SSSR count). The van der Waals surface area contributed by atoms with Crippen LogP contribution in [-0.4, -0.2) is 39.5 Å². The van der Waals surface area contributed by atoms with Crippen molar-refractivity contribution in [1.29, 1.82) is 0 Å². The molecule has 0 radical (unpaired) electrons. The smallest absolute Gasteiger partial charge is 0.0487 e. The number of nitrogens with one attached hydrogen (secondary N) is 1. The van der Waals surface area contributed by atoms with E-state index in [0.29, 0.717) is 5.41 Å². The molecule has 0 aromatic rings. The van der Waals surface area contributed by atoms with Gasteiger partial charge in [0.1, 0.15) is 0 Å². The van der Waals surface area contributed by atoms with Crippen molar-refractivity contribution in [3.63, 3.8) is 0 Å². The zero-order chi connectivity index (χ0) is 14.7. The second kappa shape index (κ2) is 10.6. The lowest BCUT2D eigenvalue weighted by atomic mass is 9.77. The Morgan fingerprint density at radius 3 is 2.45 bits per heavy atom. The fraction of sp³-hybridized carbons (Fsp3) is 1.00. The van der Waals surface area contributed by atoms with Crippen LogP contribution in [0.1, 0.15) is 65.2 Å². The molecule has 0 spiro atoms. The molecule has 0 saturated heterocycles. The van der Waals surface area contributed by atoms with Crippen LogP contribution in [0.15, 0.2) is 0 Å². The van der Waals surface area contributed by atoms with Gasteiger partial charge in [0.05, 0.1) is 0 Å². The number of hydrogen-bond donors (Lipinski definition) is 1. The highest BCUT2D eigenvalue weighted by molar-refractivity contribution is 4.87. The third-order valence-electron chi connectivity index (χ3n) is 4.57. The Bertz CT molecular complexity index is 231. The van der Waals surface area contributed by atoms with E-state index in [1.807, 2.05) is 0 Å². The summed E-state index contributed by atoms with van der Waals surface area (Å²) >= 11 is 0. The van der Waals surface area contributed by atoms with Crippen LogP contribution in [-0.2, 0) is 9.47 Å². The Morgan fingerprint density at radius 2 is 1.85 bits per heavy atom. The molecule has 0 amide bonds. The predicted octanol–water partition coefficient (Wildman–Crippen LogP) is 3.77. The predicted molar refractivity (Wildman–Crippen MR) is 85.2 cm³/mol. The second-order valence-electron chi connectivity index (χ2n) is 6.32. The van der Waals surface area contributed by atoms with E-state index >= 15 is 0 Å². The number of ether oxygens (including phenoxy) is 2. The van der Waals surface area contributed by atoms with Crippen molar-refractivity contribution in [2.45, 2.75) is 71.3 Å². The summed E-state index contributed by atoms with van der Waals surface area (Å²) in [6.45, 7) is 8.34. The van der Waals surface area contributed by atoms with Crippen molar-refractivity contribution in [1.82, 2.24) is 5.32 Å². The van der Waals surface area contributed by atoms with Crippen LogP contribution in [0.3, 0.4) is 0 Å². The molecule has 0 heterocycles. The quantitative estimate of drug-likeness (QED) is 0.493. The maximum absolute atomic E-state index is 5.79. The van der Waals surface area contributed by atoms with Gasteiger partial charge in [-0.3, -0.25) is 0 Å². The summed E-state index contributed by atoms with van der Waals surface area (Å²) in [5, 5.41) is 3.74. The largest absolute Gasteiger partial charge is 0.385 e. The van der Waals surface area contributed by atoms with E-state index in [9.17, 15) is 0 Å². The molecule has 1 N–H and O–H groups in total. The highest BCUT2D eigenvalue weighted by atomic mass is 16.5. The molecule has 1 atom stereocenters. The van der Waals surface area contributed by atoms with Crippen molar-refractivity contribution < 1.29 is 9.47 Å². The minimum Gasteiger partial charge on any atom is -0.385 e. The molecule has 1 unspecified atom stereocenters. The van der Waals surface area contributed by atoms with Gasteiger partial charge < -0.3 is 14.8 Å². The van der Waals surface area contributed by atoms with Gasteiger partial charge >= 0.3 is 0 Å². The second-order valence-corrected chi connectivity index (χ2v) is 6.32. The molecule has 120 valence electrons. The van der Waals surface area contributed by atoms with Crippen LogP contribution >= 0.6 is 0 Å². The van der Waals surface area contributed by atoms with Gasteiger partial charge in [0.25, 0.3) is 0 Å². The van der Waals surface area contributed by atoms with Crippen molar-refractivity contribution in [2.24, 2.45) is 5.41 Å². The summed E-state index contributed by atoms with van der Waals surface area (Å²) in [4.78, 5) is 0. The molecule has 0 bridgehead atoms. The van der Waals surface area contributed by atoms with Gasteiger partial charge in [-0.1, -0.05) is 26.7 Å². The van der Waals surface area contributed by atoms with Crippen LogP contribution < -0.4 is 5.32 Å². The van der Waals surface area contributed by atoms with Crippen LogP contribution in [0.2, 0.25) is 0 Å². The standard InChI is InChI=1S/C17H35NO2/c1-4-6-10-17(5-2,15-18-16-8-9-16)11-14-20-13-7-12-19-3/h16,18H,4-15H2,1-3H3. The van der Waals surface area contributed by atoms with E-state index in [4.69, 9.17) is 9.47 Å². The average Bonchev–Trinajstić information content (AvgIpc) is 3.29. The molecule has 1 aliphatic rings. The number of unbranched alkanes of at least 4 members (excludes halogenated alkanes) is 1. The van der Waals surface area contributed by atoms with Crippen LogP contribution in [0, 0.1) is 5.41 Å². The number of methoxy groups -OCH3 is 1. The molecule has 1 aliphatic carbocycles. The summed E-state index contributed by atoms with van der Waals surface area (Å²) in [6, 6.07) is 0.810. The van der Waals surface area contributed by atoms with E-state index in [1.165, 1.54) is 51.5 Å². The molecule has 3 heteroatoms. The third kappa shape index (κ3) is 7.61. The van der Waals surface area contributed by atoms with Gasteiger partial charge in [-0.2, -0.15) is 0 Å². The Hall–Kier alpha value is -0.120. The summed E-state index contributed by atoms with van der Waals surface area (Å²) in [5.74, 6) is 0. The van der Waals surface area contributed by atoms with E-state index in [0.717, 1.165) is 32.3 Å². The van der Waals surface area contributed by atoms with Crippen LogP contribution in [0.5, 0.6) is 0 Å². The normalized spacial score (nSPS) is 18.1. The number of hydrogen-bond acceptors (Lipinski definition) is 3. The highest BCUT2D eigenvalue weighted by Gasteiger charge is 2.30.